The zero-order valence-electron chi connectivity index (χ0n) is 17.1. The molecule has 0 saturated carbocycles. The highest BCUT2D eigenvalue weighted by molar-refractivity contribution is 5.88. The van der Waals surface area contributed by atoms with Gasteiger partial charge in [0, 0.05) is 30.0 Å². The van der Waals surface area contributed by atoms with Crippen LogP contribution >= 0.6 is 24.8 Å². The molecule has 1 aliphatic rings. The van der Waals surface area contributed by atoms with E-state index in [1.165, 1.54) is 6.07 Å². The van der Waals surface area contributed by atoms with Crippen molar-refractivity contribution in [1.29, 1.82) is 0 Å². The molecule has 31 heavy (non-hydrogen) atoms. The highest BCUT2D eigenvalue weighted by Gasteiger charge is 2.19. The molecule has 0 aliphatic carbocycles. The summed E-state index contributed by atoms with van der Waals surface area (Å²) in [5, 5.41) is 16.9. The lowest BCUT2D eigenvalue weighted by Crippen LogP contribution is -2.27. The van der Waals surface area contributed by atoms with E-state index in [2.05, 4.69) is 25.6 Å². The molecular formula is C21H23Cl2FN6O. The average molecular weight is 465 g/mol. The molecule has 164 valence electrons. The van der Waals surface area contributed by atoms with Crippen LogP contribution < -0.4 is 10.1 Å². The maximum Gasteiger partial charge on any atom is 0.153 e. The van der Waals surface area contributed by atoms with Gasteiger partial charge in [-0.15, -0.1) is 24.8 Å². The van der Waals surface area contributed by atoms with Gasteiger partial charge in [-0.1, -0.05) is 0 Å². The Morgan fingerprint density at radius 3 is 2.58 bits per heavy atom. The first-order chi connectivity index (χ1) is 14.1. The third-order valence-electron chi connectivity index (χ3n) is 5.50. The summed E-state index contributed by atoms with van der Waals surface area (Å²) < 4.78 is 22.2. The van der Waals surface area contributed by atoms with Crippen LogP contribution in [0.15, 0.2) is 30.5 Å². The summed E-state index contributed by atoms with van der Waals surface area (Å²) in [7, 11) is 3.41. The second kappa shape index (κ2) is 9.30. The lowest BCUT2D eigenvalue weighted by atomic mass is 9.93. The van der Waals surface area contributed by atoms with Gasteiger partial charge in [0.15, 0.2) is 11.3 Å². The van der Waals surface area contributed by atoms with E-state index in [4.69, 9.17) is 4.74 Å². The van der Waals surface area contributed by atoms with Gasteiger partial charge < -0.3 is 10.1 Å². The van der Waals surface area contributed by atoms with Crippen LogP contribution in [0.3, 0.4) is 0 Å². The Hall–Kier alpha value is -2.55. The summed E-state index contributed by atoms with van der Waals surface area (Å²) in [4.78, 5) is 4.63. The second-order valence-corrected chi connectivity index (χ2v) is 7.43. The standard InChI is InChI=1S/C21H21FN6O.2ClH/c1-28-11-19-21(27-28)20(29-2)10-16(24-19)13-7-15(22)14-9-17(25-26-18(14)8-13)12-3-5-23-6-4-12;;/h7-12,23H,3-6H2,1-2H3;2*1H. The first-order valence-corrected chi connectivity index (χ1v) is 9.69. The molecule has 1 aromatic carbocycles. The van der Waals surface area contributed by atoms with Crippen molar-refractivity contribution in [3.63, 3.8) is 0 Å². The van der Waals surface area contributed by atoms with Crippen molar-refractivity contribution >= 4 is 46.8 Å². The van der Waals surface area contributed by atoms with Crippen molar-refractivity contribution in [1.82, 2.24) is 30.3 Å². The Morgan fingerprint density at radius 1 is 1.06 bits per heavy atom. The second-order valence-electron chi connectivity index (χ2n) is 7.43. The molecule has 4 heterocycles. The van der Waals surface area contributed by atoms with Crippen molar-refractivity contribution in [2.24, 2.45) is 7.05 Å². The Bertz CT molecular complexity index is 1230. The number of pyridine rings is 1. The number of nitrogens with zero attached hydrogens (tertiary/aromatic N) is 5. The first kappa shape index (κ1) is 23.1. The van der Waals surface area contributed by atoms with Gasteiger partial charge in [-0.2, -0.15) is 15.3 Å². The number of aromatic nitrogens is 5. The Kier molecular flexibility index (Phi) is 6.93. The van der Waals surface area contributed by atoms with Gasteiger partial charge in [-0.3, -0.25) is 4.68 Å². The predicted octanol–water partition coefficient (Wildman–Crippen LogP) is 4.04. The molecule has 10 heteroatoms. The molecule has 0 amide bonds. The van der Waals surface area contributed by atoms with Gasteiger partial charge in [0.05, 0.1) is 30.2 Å². The van der Waals surface area contributed by atoms with Crippen LogP contribution in [0.2, 0.25) is 0 Å². The molecule has 3 aromatic heterocycles. The number of rotatable bonds is 3. The molecule has 1 saturated heterocycles. The molecular weight excluding hydrogens is 442 g/mol. The molecule has 0 bridgehead atoms. The van der Waals surface area contributed by atoms with E-state index in [1.54, 1.807) is 17.9 Å². The van der Waals surface area contributed by atoms with E-state index in [0.29, 0.717) is 44.9 Å². The van der Waals surface area contributed by atoms with Gasteiger partial charge in [-0.25, -0.2) is 9.37 Å². The SMILES string of the molecule is COc1cc(-c2cc(F)c3cc(C4CCNCC4)nnc3c2)nc2cn(C)nc12.Cl.Cl. The largest absolute Gasteiger partial charge is 0.494 e. The molecule has 0 unspecified atom stereocenters. The molecule has 7 nitrogen and oxygen atoms in total. The van der Waals surface area contributed by atoms with E-state index in [1.807, 2.05) is 25.4 Å². The number of nitrogens with one attached hydrogen (secondary N) is 1. The van der Waals surface area contributed by atoms with Gasteiger partial charge in [0.2, 0.25) is 0 Å². The minimum atomic E-state index is -0.324. The molecule has 1 N–H and O–H groups in total. The minimum Gasteiger partial charge on any atom is -0.494 e. The number of methoxy groups -OCH3 is 1. The monoisotopic (exact) mass is 464 g/mol. The summed E-state index contributed by atoms with van der Waals surface area (Å²) in [6.07, 6.45) is 3.80. The van der Waals surface area contributed by atoms with Crippen LogP contribution in [0, 0.1) is 5.82 Å². The highest BCUT2D eigenvalue weighted by Crippen LogP contribution is 2.32. The third-order valence-corrected chi connectivity index (χ3v) is 5.50. The number of halogens is 3. The van der Waals surface area contributed by atoms with E-state index in [0.717, 1.165) is 31.6 Å². The van der Waals surface area contributed by atoms with Crippen molar-refractivity contribution in [2.75, 3.05) is 20.2 Å². The molecule has 1 aliphatic heterocycles. The molecule has 4 aromatic rings. The van der Waals surface area contributed by atoms with Gasteiger partial charge in [0.1, 0.15) is 11.3 Å². The van der Waals surface area contributed by atoms with Crippen molar-refractivity contribution in [3.05, 3.63) is 42.0 Å². The summed E-state index contributed by atoms with van der Waals surface area (Å²) in [5.74, 6) is 0.597. The van der Waals surface area contributed by atoms with Crippen LogP contribution in [0.1, 0.15) is 24.5 Å². The summed E-state index contributed by atoms with van der Waals surface area (Å²) in [5.41, 5.74) is 3.98. The predicted molar refractivity (Wildman–Crippen MR) is 123 cm³/mol. The number of fused-ring (bicyclic) bond motifs is 2. The molecule has 0 spiro atoms. The van der Waals surface area contributed by atoms with Gasteiger partial charge in [-0.05, 0) is 44.1 Å². The minimum absolute atomic E-state index is 0. The number of benzene rings is 1. The number of ether oxygens (including phenoxy) is 1. The summed E-state index contributed by atoms with van der Waals surface area (Å²) in [6.45, 7) is 1.91. The van der Waals surface area contributed by atoms with Gasteiger partial charge >= 0.3 is 0 Å². The molecule has 5 rings (SSSR count). The maximum absolute atomic E-state index is 15.0. The Balaban J connectivity index is 0.00000136. The van der Waals surface area contributed by atoms with Crippen LogP contribution in [-0.2, 0) is 7.05 Å². The Morgan fingerprint density at radius 2 is 1.84 bits per heavy atom. The van der Waals surface area contributed by atoms with Crippen LogP contribution in [0.4, 0.5) is 4.39 Å². The van der Waals surface area contributed by atoms with E-state index in [9.17, 15) is 0 Å². The fraction of sp³-hybridized carbons (Fsp3) is 0.333. The lowest BCUT2D eigenvalue weighted by Gasteiger charge is -2.21. The summed E-state index contributed by atoms with van der Waals surface area (Å²) in [6, 6.07) is 6.93. The van der Waals surface area contributed by atoms with Crippen LogP contribution in [0.5, 0.6) is 5.75 Å². The lowest BCUT2D eigenvalue weighted by molar-refractivity contribution is 0.418. The number of hydrogen-bond acceptors (Lipinski definition) is 6. The molecule has 0 atom stereocenters. The quantitative estimate of drug-likeness (QED) is 0.492. The average Bonchev–Trinajstić information content (AvgIpc) is 3.13. The normalized spacial score (nSPS) is 14.3. The Labute approximate surface area is 191 Å². The number of hydrogen-bond donors (Lipinski definition) is 1. The zero-order chi connectivity index (χ0) is 20.0. The number of piperidine rings is 1. The highest BCUT2D eigenvalue weighted by atomic mass is 35.5. The van der Waals surface area contributed by atoms with Crippen LogP contribution in [0.25, 0.3) is 33.2 Å². The number of aryl methyl sites for hydroxylation is 1. The van der Waals surface area contributed by atoms with Crippen LogP contribution in [-0.4, -0.2) is 45.2 Å². The van der Waals surface area contributed by atoms with E-state index in [-0.39, 0.29) is 30.6 Å². The molecule has 1 fully saturated rings. The van der Waals surface area contributed by atoms with E-state index < -0.39 is 0 Å². The smallest absolute Gasteiger partial charge is 0.153 e. The first-order valence-electron chi connectivity index (χ1n) is 9.69. The third kappa shape index (κ3) is 4.28. The molecule has 0 radical (unpaired) electrons. The fourth-order valence-electron chi connectivity index (χ4n) is 3.97. The van der Waals surface area contributed by atoms with Gasteiger partial charge in [0.25, 0.3) is 0 Å². The summed E-state index contributed by atoms with van der Waals surface area (Å²) >= 11 is 0. The maximum atomic E-state index is 15.0. The van der Waals surface area contributed by atoms with Crippen molar-refractivity contribution in [3.8, 4) is 17.0 Å². The van der Waals surface area contributed by atoms with E-state index >= 15 is 4.39 Å². The topological polar surface area (TPSA) is 77.8 Å². The van der Waals surface area contributed by atoms with Crippen molar-refractivity contribution < 1.29 is 9.13 Å². The van der Waals surface area contributed by atoms with Crippen molar-refractivity contribution in [2.45, 2.75) is 18.8 Å². The zero-order valence-corrected chi connectivity index (χ0v) is 18.8. The fourth-order valence-corrected chi connectivity index (χ4v) is 3.97.